The fraction of sp³-hybridized carbons (Fsp3) is 0.643. The van der Waals surface area contributed by atoms with Gasteiger partial charge in [-0.3, -0.25) is 0 Å². The maximum Gasteiger partial charge on any atom is 0.128 e. The van der Waals surface area contributed by atoms with Crippen LogP contribution in [0, 0.1) is 0 Å². The number of anilines is 1. The summed E-state index contributed by atoms with van der Waals surface area (Å²) in [6.45, 7) is 4.33. The minimum absolute atomic E-state index is 0.0557. The Kier molecular flexibility index (Phi) is 4.19. The fourth-order valence-electron chi connectivity index (χ4n) is 2.44. The van der Waals surface area contributed by atoms with Gasteiger partial charge in [0.15, 0.2) is 0 Å². The first-order valence-electron chi connectivity index (χ1n) is 6.71. The van der Waals surface area contributed by atoms with E-state index in [2.05, 4.69) is 41.0 Å². The summed E-state index contributed by atoms with van der Waals surface area (Å²) in [6, 6.07) is 4.82. The van der Waals surface area contributed by atoms with Gasteiger partial charge in [0.05, 0.1) is 0 Å². The Morgan fingerprint density at radius 2 is 2.06 bits per heavy atom. The van der Waals surface area contributed by atoms with Crippen molar-refractivity contribution in [3.8, 4) is 0 Å². The van der Waals surface area contributed by atoms with E-state index in [0.717, 1.165) is 11.4 Å². The van der Waals surface area contributed by atoms with E-state index >= 15 is 0 Å². The quantitative estimate of drug-likeness (QED) is 0.883. The lowest BCUT2D eigenvalue weighted by atomic mass is 10.0. The summed E-state index contributed by atoms with van der Waals surface area (Å²) in [5.41, 5.74) is 6.93. The standard InChI is InChI=1S/C14H24N4/c1-11(15)12-4-5-14(16-10-12)18(3)13-6-8-17(2)9-7-13/h4-5,10-11,13H,6-9,15H2,1-3H3/t11-/m0/s1. The van der Waals surface area contributed by atoms with Gasteiger partial charge in [0.25, 0.3) is 0 Å². The highest BCUT2D eigenvalue weighted by molar-refractivity contribution is 5.40. The van der Waals surface area contributed by atoms with Crippen molar-refractivity contribution in [1.82, 2.24) is 9.88 Å². The molecular formula is C14H24N4. The number of hydrogen-bond acceptors (Lipinski definition) is 4. The maximum atomic E-state index is 5.84. The molecule has 0 unspecified atom stereocenters. The third-order valence-corrected chi connectivity index (χ3v) is 3.89. The lowest BCUT2D eigenvalue weighted by molar-refractivity contribution is 0.252. The third kappa shape index (κ3) is 3.00. The number of aromatic nitrogens is 1. The molecule has 2 N–H and O–H groups in total. The van der Waals surface area contributed by atoms with E-state index in [0.29, 0.717) is 6.04 Å². The van der Waals surface area contributed by atoms with Crippen LogP contribution in [0.1, 0.15) is 31.4 Å². The zero-order valence-electron chi connectivity index (χ0n) is 11.6. The van der Waals surface area contributed by atoms with Crippen molar-refractivity contribution in [2.75, 3.05) is 32.1 Å². The van der Waals surface area contributed by atoms with Crippen LogP contribution in [-0.2, 0) is 0 Å². The summed E-state index contributed by atoms with van der Waals surface area (Å²) in [4.78, 5) is 9.22. The van der Waals surface area contributed by atoms with E-state index < -0.39 is 0 Å². The molecule has 4 heteroatoms. The van der Waals surface area contributed by atoms with Crippen LogP contribution in [0.4, 0.5) is 5.82 Å². The molecule has 100 valence electrons. The Morgan fingerprint density at radius 1 is 1.39 bits per heavy atom. The normalized spacial score (nSPS) is 19.8. The van der Waals surface area contributed by atoms with E-state index in [1.807, 2.05) is 13.1 Å². The highest BCUT2D eigenvalue weighted by Crippen LogP contribution is 2.20. The second-order valence-corrected chi connectivity index (χ2v) is 5.38. The second-order valence-electron chi connectivity index (χ2n) is 5.38. The van der Waals surface area contributed by atoms with E-state index in [9.17, 15) is 0 Å². The monoisotopic (exact) mass is 248 g/mol. The summed E-state index contributed by atoms with van der Waals surface area (Å²) in [6.07, 6.45) is 4.32. The van der Waals surface area contributed by atoms with Crippen molar-refractivity contribution >= 4 is 5.82 Å². The molecule has 1 aliphatic heterocycles. The number of piperidine rings is 1. The van der Waals surface area contributed by atoms with Crippen molar-refractivity contribution in [3.63, 3.8) is 0 Å². The van der Waals surface area contributed by atoms with Gasteiger partial charge in [0.2, 0.25) is 0 Å². The number of likely N-dealkylation sites (tertiary alicyclic amines) is 1. The highest BCUT2D eigenvalue weighted by atomic mass is 15.2. The molecule has 2 heterocycles. The largest absolute Gasteiger partial charge is 0.357 e. The highest BCUT2D eigenvalue weighted by Gasteiger charge is 2.21. The number of nitrogens with zero attached hydrogens (tertiary/aromatic N) is 3. The van der Waals surface area contributed by atoms with E-state index in [4.69, 9.17) is 5.73 Å². The molecule has 1 fully saturated rings. The van der Waals surface area contributed by atoms with Crippen molar-refractivity contribution in [2.24, 2.45) is 5.73 Å². The Bertz CT molecular complexity index is 366. The molecule has 4 nitrogen and oxygen atoms in total. The molecule has 0 saturated carbocycles. The molecule has 1 aromatic rings. The molecule has 0 aromatic carbocycles. The van der Waals surface area contributed by atoms with Crippen LogP contribution < -0.4 is 10.6 Å². The molecule has 1 aromatic heterocycles. The van der Waals surface area contributed by atoms with Crippen LogP contribution in [-0.4, -0.2) is 43.1 Å². The summed E-state index contributed by atoms with van der Waals surface area (Å²) >= 11 is 0. The third-order valence-electron chi connectivity index (χ3n) is 3.89. The van der Waals surface area contributed by atoms with Gasteiger partial charge in [-0.05, 0) is 51.5 Å². The molecule has 1 atom stereocenters. The smallest absolute Gasteiger partial charge is 0.128 e. The Morgan fingerprint density at radius 3 is 2.56 bits per heavy atom. The second kappa shape index (κ2) is 5.67. The van der Waals surface area contributed by atoms with E-state index in [1.165, 1.54) is 25.9 Å². The van der Waals surface area contributed by atoms with Gasteiger partial charge < -0.3 is 15.5 Å². The molecular weight excluding hydrogens is 224 g/mol. The molecule has 1 aliphatic rings. The summed E-state index contributed by atoms with van der Waals surface area (Å²) in [5, 5.41) is 0. The zero-order chi connectivity index (χ0) is 13.1. The average Bonchev–Trinajstić information content (AvgIpc) is 2.39. The topological polar surface area (TPSA) is 45.4 Å². The number of nitrogens with two attached hydrogens (primary N) is 1. The van der Waals surface area contributed by atoms with Crippen LogP contribution in [0.3, 0.4) is 0 Å². The van der Waals surface area contributed by atoms with Crippen LogP contribution in [0.15, 0.2) is 18.3 Å². The molecule has 0 amide bonds. The maximum absolute atomic E-state index is 5.84. The number of rotatable bonds is 3. The summed E-state index contributed by atoms with van der Waals surface area (Å²) < 4.78 is 0. The predicted octanol–water partition coefficient (Wildman–Crippen LogP) is 1.63. The molecule has 0 radical (unpaired) electrons. The first kappa shape index (κ1) is 13.3. The van der Waals surface area contributed by atoms with Crippen molar-refractivity contribution < 1.29 is 0 Å². The van der Waals surface area contributed by atoms with E-state index in [-0.39, 0.29) is 6.04 Å². The molecule has 18 heavy (non-hydrogen) atoms. The minimum atomic E-state index is 0.0557. The van der Waals surface area contributed by atoms with Crippen LogP contribution in [0.5, 0.6) is 0 Å². The molecule has 0 bridgehead atoms. The molecule has 1 saturated heterocycles. The van der Waals surface area contributed by atoms with E-state index in [1.54, 1.807) is 0 Å². The van der Waals surface area contributed by atoms with Gasteiger partial charge in [-0.15, -0.1) is 0 Å². The lowest BCUT2D eigenvalue weighted by Gasteiger charge is -2.35. The van der Waals surface area contributed by atoms with Crippen LogP contribution in [0.25, 0.3) is 0 Å². The lowest BCUT2D eigenvalue weighted by Crippen LogP contribution is -2.42. The SMILES string of the molecule is C[C@H](N)c1ccc(N(C)C2CCN(C)CC2)nc1. The van der Waals surface area contributed by atoms with Gasteiger partial charge >= 0.3 is 0 Å². The van der Waals surface area contributed by atoms with Gasteiger partial charge in [0, 0.05) is 25.3 Å². The van der Waals surface area contributed by atoms with Crippen molar-refractivity contribution in [3.05, 3.63) is 23.9 Å². The zero-order valence-corrected chi connectivity index (χ0v) is 11.6. The van der Waals surface area contributed by atoms with Crippen molar-refractivity contribution in [2.45, 2.75) is 31.8 Å². The van der Waals surface area contributed by atoms with Gasteiger partial charge in [0.1, 0.15) is 5.82 Å². The molecule has 0 aliphatic carbocycles. The first-order valence-corrected chi connectivity index (χ1v) is 6.71. The number of pyridine rings is 1. The Labute approximate surface area is 110 Å². The van der Waals surface area contributed by atoms with Gasteiger partial charge in [-0.25, -0.2) is 4.98 Å². The summed E-state index contributed by atoms with van der Waals surface area (Å²) in [5.74, 6) is 1.05. The van der Waals surface area contributed by atoms with Crippen molar-refractivity contribution in [1.29, 1.82) is 0 Å². The minimum Gasteiger partial charge on any atom is -0.357 e. The average molecular weight is 248 g/mol. The summed E-state index contributed by atoms with van der Waals surface area (Å²) in [7, 11) is 4.33. The Balaban J connectivity index is 2.02. The van der Waals surface area contributed by atoms with Crippen LogP contribution >= 0.6 is 0 Å². The first-order chi connectivity index (χ1) is 8.58. The van der Waals surface area contributed by atoms with Crippen LogP contribution in [0.2, 0.25) is 0 Å². The molecule has 0 spiro atoms. The van der Waals surface area contributed by atoms with Gasteiger partial charge in [-0.2, -0.15) is 0 Å². The fourth-order valence-corrected chi connectivity index (χ4v) is 2.44. The van der Waals surface area contributed by atoms with Gasteiger partial charge in [-0.1, -0.05) is 6.07 Å². The molecule has 2 rings (SSSR count). The predicted molar refractivity (Wildman–Crippen MR) is 75.8 cm³/mol. The number of hydrogen-bond donors (Lipinski definition) is 1. The Hall–Kier alpha value is -1.13.